The summed E-state index contributed by atoms with van der Waals surface area (Å²) in [5.74, 6) is 0.0446. The minimum absolute atomic E-state index is 0.0493. The highest BCUT2D eigenvalue weighted by Crippen LogP contribution is 2.24. The molecule has 1 amide bonds. The van der Waals surface area contributed by atoms with Crippen LogP contribution in [0.1, 0.15) is 55.8 Å². The maximum atomic E-state index is 12.5. The molecule has 1 heterocycles. The topological polar surface area (TPSA) is 88.2 Å². The van der Waals surface area contributed by atoms with Crippen molar-refractivity contribution < 1.29 is 13.2 Å². The van der Waals surface area contributed by atoms with Crippen LogP contribution in [0.25, 0.3) is 0 Å². The first-order valence-corrected chi connectivity index (χ1v) is 11.6. The first kappa shape index (κ1) is 20.0. The summed E-state index contributed by atoms with van der Waals surface area (Å²) < 4.78 is 27.5. The van der Waals surface area contributed by atoms with Gasteiger partial charge in [-0.25, -0.2) is 18.1 Å². The molecule has 1 aliphatic rings. The van der Waals surface area contributed by atoms with Crippen LogP contribution in [0.5, 0.6) is 0 Å². The number of carbonyl (C=O) groups excluding carboxylic acids is 1. The Bertz CT molecular complexity index is 920. The van der Waals surface area contributed by atoms with Gasteiger partial charge in [-0.1, -0.05) is 19.9 Å². The highest BCUT2D eigenvalue weighted by molar-refractivity contribution is 7.89. The molecule has 0 unspecified atom stereocenters. The van der Waals surface area contributed by atoms with Crippen molar-refractivity contribution in [2.24, 2.45) is 0 Å². The number of anilines is 1. The van der Waals surface area contributed by atoms with Crippen LogP contribution < -0.4 is 10.0 Å². The number of fused-ring (bicyclic) bond motifs is 1. The fourth-order valence-electron chi connectivity index (χ4n) is 3.05. The number of benzene rings is 1. The molecule has 1 aliphatic carbocycles. The number of nitrogens with zero attached hydrogens (tertiary/aromatic N) is 1. The normalized spacial score (nSPS) is 14.2. The Morgan fingerprint density at radius 1 is 1.22 bits per heavy atom. The molecular formula is C19H25N3O3S2. The molecule has 0 saturated heterocycles. The van der Waals surface area contributed by atoms with Crippen LogP contribution in [-0.2, 0) is 27.7 Å². The van der Waals surface area contributed by atoms with Crippen LogP contribution in [0.15, 0.2) is 28.5 Å². The van der Waals surface area contributed by atoms with Crippen molar-refractivity contribution in [3.63, 3.8) is 0 Å². The molecule has 2 aromatic rings. The van der Waals surface area contributed by atoms with Gasteiger partial charge in [0.2, 0.25) is 15.9 Å². The van der Waals surface area contributed by atoms with Crippen LogP contribution in [0, 0.1) is 0 Å². The first-order valence-electron chi connectivity index (χ1n) is 9.22. The molecule has 0 fully saturated rings. The second-order valence-electron chi connectivity index (χ2n) is 7.07. The number of aryl methyl sites for hydroxylation is 2. The van der Waals surface area contributed by atoms with Crippen molar-refractivity contribution >= 4 is 32.4 Å². The largest absolute Gasteiger partial charge is 0.302 e. The smallest absolute Gasteiger partial charge is 0.240 e. The number of thiazole rings is 1. The molecule has 146 valence electrons. The van der Waals surface area contributed by atoms with E-state index in [1.165, 1.54) is 16.9 Å². The fourth-order valence-corrected chi connectivity index (χ4v) is 5.02. The van der Waals surface area contributed by atoms with E-state index in [-0.39, 0.29) is 23.8 Å². The maximum Gasteiger partial charge on any atom is 0.240 e. The Kier molecular flexibility index (Phi) is 6.29. The molecule has 0 spiro atoms. The molecule has 0 aliphatic heterocycles. The zero-order valence-corrected chi connectivity index (χ0v) is 17.3. The molecular weight excluding hydrogens is 382 g/mol. The molecule has 27 heavy (non-hydrogen) atoms. The number of hydrogen-bond donors (Lipinski definition) is 2. The fraction of sp³-hybridized carbons (Fsp3) is 0.474. The molecule has 8 heteroatoms. The van der Waals surface area contributed by atoms with E-state index < -0.39 is 10.0 Å². The minimum atomic E-state index is -3.61. The van der Waals surface area contributed by atoms with Gasteiger partial charge in [0.25, 0.3) is 0 Å². The van der Waals surface area contributed by atoms with Gasteiger partial charge < -0.3 is 5.32 Å². The summed E-state index contributed by atoms with van der Waals surface area (Å²) in [5.41, 5.74) is 3.29. The van der Waals surface area contributed by atoms with Gasteiger partial charge in [-0.05, 0) is 54.9 Å². The van der Waals surface area contributed by atoms with Gasteiger partial charge in [0.1, 0.15) is 0 Å². The Hall–Kier alpha value is -1.77. The van der Waals surface area contributed by atoms with E-state index in [0.29, 0.717) is 11.0 Å². The Morgan fingerprint density at radius 3 is 2.67 bits per heavy atom. The lowest BCUT2D eigenvalue weighted by Crippen LogP contribution is -2.28. The maximum absolute atomic E-state index is 12.5. The lowest BCUT2D eigenvalue weighted by molar-refractivity contribution is -0.116. The summed E-state index contributed by atoms with van der Waals surface area (Å²) >= 11 is 1.37. The lowest BCUT2D eigenvalue weighted by Gasteiger charge is -2.16. The summed E-state index contributed by atoms with van der Waals surface area (Å²) in [7, 11) is -3.61. The van der Waals surface area contributed by atoms with Crippen molar-refractivity contribution in [2.45, 2.75) is 56.8 Å². The standard InChI is InChI=1S/C19H25N3O3S2/c1-13(2)17-12-26-19(21-17)22-18(23)9-10-20-27(24,25)16-8-7-14-5-3-4-6-15(14)11-16/h7-8,11-13,20H,3-6,9-10H2,1-2H3,(H,21,22,23). The average Bonchev–Trinajstić information content (AvgIpc) is 3.10. The molecule has 1 aromatic heterocycles. The first-order chi connectivity index (χ1) is 12.8. The van der Waals surface area contributed by atoms with E-state index in [1.807, 2.05) is 25.3 Å². The molecule has 1 aromatic carbocycles. The highest BCUT2D eigenvalue weighted by atomic mass is 32.2. The van der Waals surface area contributed by atoms with Gasteiger partial charge in [0.15, 0.2) is 5.13 Å². The monoisotopic (exact) mass is 407 g/mol. The van der Waals surface area contributed by atoms with Crippen LogP contribution in [-0.4, -0.2) is 25.9 Å². The molecule has 3 rings (SSSR count). The lowest BCUT2D eigenvalue weighted by atomic mass is 9.92. The molecule has 0 saturated carbocycles. The minimum Gasteiger partial charge on any atom is -0.302 e. The summed E-state index contributed by atoms with van der Waals surface area (Å²) in [4.78, 5) is 16.6. The summed E-state index contributed by atoms with van der Waals surface area (Å²) in [5, 5.41) is 5.18. The predicted molar refractivity (Wildman–Crippen MR) is 108 cm³/mol. The van der Waals surface area contributed by atoms with Crippen LogP contribution >= 0.6 is 11.3 Å². The van der Waals surface area contributed by atoms with Gasteiger partial charge in [-0.2, -0.15) is 0 Å². The van der Waals surface area contributed by atoms with E-state index >= 15 is 0 Å². The quantitative estimate of drug-likeness (QED) is 0.736. The number of aromatic nitrogens is 1. The van der Waals surface area contributed by atoms with E-state index in [0.717, 1.165) is 36.9 Å². The highest BCUT2D eigenvalue weighted by Gasteiger charge is 2.18. The Balaban J connectivity index is 1.53. The van der Waals surface area contributed by atoms with Crippen molar-refractivity contribution in [3.05, 3.63) is 40.4 Å². The van der Waals surface area contributed by atoms with Crippen molar-refractivity contribution in [1.82, 2.24) is 9.71 Å². The van der Waals surface area contributed by atoms with Crippen molar-refractivity contribution in [1.29, 1.82) is 0 Å². The molecule has 6 nitrogen and oxygen atoms in total. The van der Waals surface area contributed by atoms with Gasteiger partial charge >= 0.3 is 0 Å². The van der Waals surface area contributed by atoms with E-state index in [4.69, 9.17) is 0 Å². The molecule has 0 atom stereocenters. The Morgan fingerprint density at radius 2 is 1.96 bits per heavy atom. The number of sulfonamides is 1. The van der Waals surface area contributed by atoms with Crippen LogP contribution in [0.2, 0.25) is 0 Å². The third-order valence-electron chi connectivity index (χ3n) is 4.63. The number of rotatable bonds is 7. The van der Waals surface area contributed by atoms with E-state index in [1.54, 1.807) is 12.1 Å². The average molecular weight is 408 g/mol. The number of nitrogens with one attached hydrogen (secondary N) is 2. The van der Waals surface area contributed by atoms with Gasteiger partial charge in [0.05, 0.1) is 10.6 Å². The van der Waals surface area contributed by atoms with E-state index in [2.05, 4.69) is 15.0 Å². The van der Waals surface area contributed by atoms with Crippen molar-refractivity contribution in [2.75, 3.05) is 11.9 Å². The Labute approximate surface area is 164 Å². The number of amides is 1. The predicted octanol–water partition coefficient (Wildman–Crippen LogP) is 3.45. The van der Waals surface area contributed by atoms with Gasteiger partial charge in [-0.15, -0.1) is 11.3 Å². The van der Waals surface area contributed by atoms with Gasteiger partial charge in [-0.3, -0.25) is 4.79 Å². The molecule has 0 bridgehead atoms. The number of carbonyl (C=O) groups is 1. The summed E-state index contributed by atoms with van der Waals surface area (Å²) in [6.07, 6.45) is 4.25. The molecule has 2 N–H and O–H groups in total. The molecule has 0 radical (unpaired) electrons. The summed E-state index contributed by atoms with van der Waals surface area (Å²) in [6.45, 7) is 4.12. The van der Waals surface area contributed by atoms with Crippen molar-refractivity contribution in [3.8, 4) is 0 Å². The SMILES string of the molecule is CC(C)c1csc(NC(=O)CCNS(=O)(=O)c2ccc3c(c2)CCCC3)n1. The van der Waals surface area contributed by atoms with Crippen LogP contribution in [0.4, 0.5) is 5.13 Å². The van der Waals surface area contributed by atoms with Crippen LogP contribution in [0.3, 0.4) is 0 Å². The zero-order chi connectivity index (χ0) is 19.4. The summed E-state index contributed by atoms with van der Waals surface area (Å²) in [6, 6.07) is 5.32. The van der Waals surface area contributed by atoms with Gasteiger partial charge in [0, 0.05) is 18.3 Å². The second kappa shape index (κ2) is 8.50. The zero-order valence-electron chi connectivity index (χ0n) is 15.6. The van der Waals surface area contributed by atoms with E-state index in [9.17, 15) is 13.2 Å². The third-order valence-corrected chi connectivity index (χ3v) is 6.87. The third kappa shape index (κ3) is 5.15. The second-order valence-corrected chi connectivity index (χ2v) is 9.69. The number of hydrogen-bond acceptors (Lipinski definition) is 5.